The van der Waals surface area contributed by atoms with Gasteiger partial charge in [-0.1, -0.05) is 23.7 Å². The Kier molecular flexibility index (Phi) is 4.73. The molecule has 0 spiro atoms. The molecular formula is C13H18ClNO3. The molecule has 0 aliphatic carbocycles. The van der Waals surface area contributed by atoms with Crippen LogP contribution in [0.25, 0.3) is 0 Å². The predicted octanol–water partition coefficient (Wildman–Crippen LogP) is 2.04. The number of ether oxygens (including phenoxy) is 1. The Labute approximate surface area is 112 Å². The summed E-state index contributed by atoms with van der Waals surface area (Å²) < 4.78 is 5.12. The first kappa shape index (κ1) is 15.0. The summed E-state index contributed by atoms with van der Waals surface area (Å²) >= 11 is 5.74. The zero-order valence-electron chi connectivity index (χ0n) is 10.7. The average molecular weight is 272 g/mol. The molecule has 2 unspecified atom stereocenters. The van der Waals surface area contributed by atoms with E-state index in [1.54, 1.807) is 45.0 Å². The van der Waals surface area contributed by atoms with Crippen LogP contribution in [0.3, 0.4) is 0 Å². The molecule has 0 saturated carbocycles. The van der Waals surface area contributed by atoms with Crippen LogP contribution < -0.4 is 5.73 Å². The molecule has 0 aromatic heterocycles. The second-order valence-electron chi connectivity index (χ2n) is 5.06. The first-order valence-corrected chi connectivity index (χ1v) is 6.00. The Hall–Kier alpha value is -1.10. The number of aliphatic hydroxyl groups is 1. The van der Waals surface area contributed by atoms with Crippen molar-refractivity contribution in [3.8, 4) is 0 Å². The highest BCUT2D eigenvalue weighted by atomic mass is 35.5. The van der Waals surface area contributed by atoms with Crippen LogP contribution in [-0.2, 0) is 9.53 Å². The summed E-state index contributed by atoms with van der Waals surface area (Å²) in [5.74, 6) is -0.634. The quantitative estimate of drug-likeness (QED) is 0.825. The lowest BCUT2D eigenvalue weighted by Gasteiger charge is -2.24. The van der Waals surface area contributed by atoms with Gasteiger partial charge in [0.1, 0.15) is 17.7 Å². The standard InChI is InChI=1S/C13H18ClNO3/c1-13(2,3)18-12(17)10(15)11(16)8-4-6-9(14)7-5-8/h4-7,10-11,16H,15H2,1-3H3. The van der Waals surface area contributed by atoms with Gasteiger partial charge in [0.25, 0.3) is 0 Å². The minimum atomic E-state index is -1.12. The first-order chi connectivity index (χ1) is 8.20. The van der Waals surface area contributed by atoms with Crippen LogP contribution in [0, 0.1) is 0 Å². The van der Waals surface area contributed by atoms with Crippen molar-refractivity contribution < 1.29 is 14.6 Å². The molecule has 0 amide bonds. The molecule has 2 atom stereocenters. The van der Waals surface area contributed by atoms with Crippen molar-refractivity contribution in [3.63, 3.8) is 0 Å². The number of nitrogens with two attached hydrogens (primary N) is 1. The summed E-state index contributed by atoms with van der Waals surface area (Å²) in [6.45, 7) is 5.23. The van der Waals surface area contributed by atoms with Gasteiger partial charge in [-0.3, -0.25) is 4.79 Å². The maximum Gasteiger partial charge on any atom is 0.326 e. The van der Waals surface area contributed by atoms with E-state index in [9.17, 15) is 9.90 Å². The van der Waals surface area contributed by atoms with Gasteiger partial charge in [0, 0.05) is 5.02 Å². The molecule has 0 heterocycles. The molecule has 0 radical (unpaired) electrons. The zero-order valence-corrected chi connectivity index (χ0v) is 11.4. The number of hydrogen-bond donors (Lipinski definition) is 2. The highest BCUT2D eigenvalue weighted by molar-refractivity contribution is 6.30. The molecule has 0 aliphatic heterocycles. The molecule has 0 aliphatic rings. The average Bonchev–Trinajstić information content (AvgIpc) is 2.26. The molecule has 1 rings (SSSR count). The zero-order chi connectivity index (χ0) is 13.9. The molecule has 1 aromatic carbocycles. The predicted molar refractivity (Wildman–Crippen MR) is 70.2 cm³/mol. The minimum Gasteiger partial charge on any atom is -0.459 e. The van der Waals surface area contributed by atoms with Crippen LogP contribution in [0.15, 0.2) is 24.3 Å². The number of carbonyl (C=O) groups excluding carboxylic acids is 1. The molecular weight excluding hydrogens is 254 g/mol. The molecule has 3 N–H and O–H groups in total. The van der Waals surface area contributed by atoms with Crippen LogP contribution >= 0.6 is 11.6 Å². The SMILES string of the molecule is CC(C)(C)OC(=O)C(N)C(O)c1ccc(Cl)cc1. The van der Waals surface area contributed by atoms with Crippen LogP contribution in [0.1, 0.15) is 32.4 Å². The van der Waals surface area contributed by atoms with E-state index >= 15 is 0 Å². The van der Waals surface area contributed by atoms with Crippen molar-refractivity contribution in [1.82, 2.24) is 0 Å². The van der Waals surface area contributed by atoms with Gasteiger partial charge in [0.2, 0.25) is 0 Å². The minimum absolute atomic E-state index is 0.526. The highest BCUT2D eigenvalue weighted by Crippen LogP contribution is 2.20. The van der Waals surface area contributed by atoms with E-state index in [-0.39, 0.29) is 0 Å². The second kappa shape index (κ2) is 5.69. The number of aliphatic hydroxyl groups excluding tert-OH is 1. The molecule has 0 fully saturated rings. The van der Waals surface area contributed by atoms with Crippen molar-refractivity contribution in [3.05, 3.63) is 34.9 Å². The molecule has 18 heavy (non-hydrogen) atoms. The molecule has 0 bridgehead atoms. The molecule has 100 valence electrons. The van der Waals surface area contributed by atoms with Crippen molar-refractivity contribution in [2.45, 2.75) is 38.5 Å². The van der Waals surface area contributed by atoms with E-state index in [4.69, 9.17) is 22.1 Å². The maximum atomic E-state index is 11.7. The Balaban J connectivity index is 2.74. The summed E-state index contributed by atoms with van der Waals surface area (Å²) in [6, 6.07) is 5.38. The Morgan fingerprint density at radius 1 is 1.33 bits per heavy atom. The van der Waals surface area contributed by atoms with E-state index in [2.05, 4.69) is 0 Å². The van der Waals surface area contributed by atoms with E-state index in [0.717, 1.165) is 0 Å². The third kappa shape index (κ3) is 4.29. The topological polar surface area (TPSA) is 72.5 Å². The number of halogens is 1. The van der Waals surface area contributed by atoms with Gasteiger partial charge >= 0.3 is 5.97 Å². The molecule has 4 nitrogen and oxygen atoms in total. The second-order valence-corrected chi connectivity index (χ2v) is 5.49. The van der Waals surface area contributed by atoms with Crippen LogP contribution in [0.5, 0.6) is 0 Å². The van der Waals surface area contributed by atoms with Crippen molar-refractivity contribution in [1.29, 1.82) is 0 Å². The van der Waals surface area contributed by atoms with Gasteiger partial charge in [-0.05, 0) is 38.5 Å². The number of benzene rings is 1. The summed E-state index contributed by atoms with van der Waals surface area (Å²) in [5.41, 5.74) is 5.58. The lowest BCUT2D eigenvalue weighted by atomic mass is 10.0. The Morgan fingerprint density at radius 3 is 2.28 bits per heavy atom. The Bertz CT molecular complexity index is 411. The van der Waals surface area contributed by atoms with Gasteiger partial charge in [-0.25, -0.2) is 0 Å². The fourth-order valence-corrected chi connectivity index (χ4v) is 1.49. The lowest BCUT2D eigenvalue weighted by molar-refractivity contribution is -0.159. The number of hydrogen-bond acceptors (Lipinski definition) is 4. The highest BCUT2D eigenvalue weighted by Gasteiger charge is 2.28. The molecule has 1 aromatic rings. The van der Waals surface area contributed by atoms with Gasteiger partial charge in [-0.2, -0.15) is 0 Å². The monoisotopic (exact) mass is 271 g/mol. The van der Waals surface area contributed by atoms with Gasteiger partial charge < -0.3 is 15.6 Å². The molecule has 0 saturated heterocycles. The first-order valence-electron chi connectivity index (χ1n) is 5.62. The van der Waals surface area contributed by atoms with Crippen LogP contribution in [0.2, 0.25) is 5.02 Å². The largest absolute Gasteiger partial charge is 0.459 e. The number of carbonyl (C=O) groups is 1. The van der Waals surface area contributed by atoms with E-state index in [0.29, 0.717) is 10.6 Å². The lowest BCUT2D eigenvalue weighted by Crippen LogP contribution is -2.41. The van der Waals surface area contributed by atoms with Crippen LogP contribution in [-0.4, -0.2) is 22.7 Å². The smallest absolute Gasteiger partial charge is 0.326 e. The summed E-state index contributed by atoms with van der Waals surface area (Å²) in [7, 11) is 0. The third-order valence-electron chi connectivity index (χ3n) is 2.23. The Morgan fingerprint density at radius 2 is 1.83 bits per heavy atom. The van der Waals surface area contributed by atoms with Crippen LogP contribution in [0.4, 0.5) is 0 Å². The fraction of sp³-hybridized carbons (Fsp3) is 0.462. The van der Waals surface area contributed by atoms with Crippen molar-refractivity contribution >= 4 is 17.6 Å². The van der Waals surface area contributed by atoms with Gasteiger partial charge in [0.05, 0.1) is 0 Å². The molecule has 5 heteroatoms. The third-order valence-corrected chi connectivity index (χ3v) is 2.48. The maximum absolute atomic E-state index is 11.7. The van der Waals surface area contributed by atoms with Crippen molar-refractivity contribution in [2.75, 3.05) is 0 Å². The normalized spacial score (nSPS) is 15.0. The van der Waals surface area contributed by atoms with Crippen molar-refractivity contribution in [2.24, 2.45) is 5.73 Å². The number of esters is 1. The van der Waals surface area contributed by atoms with E-state index in [1.807, 2.05) is 0 Å². The van der Waals surface area contributed by atoms with Gasteiger partial charge in [0.15, 0.2) is 0 Å². The fourth-order valence-electron chi connectivity index (χ4n) is 1.37. The summed E-state index contributed by atoms with van der Waals surface area (Å²) in [4.78, 5) is 11.7. The summed E-state index contributed by atoms with van der Waals surface area (Å²) in [5, 5.41) is 10.5. The number of rotatable bonds is 3. The van der Waals surface area contributed by atoms with E-state index in [1.165, 1.54) is 0 Å². The van der Waals surface area contributed by atoms with Gasteiger partial charge in [-0.15, -0.1) is 0 Å². The van der Waals surface area contributed by atoms with E-state index < -0.39 is 23.7 Å². The summed E-state index contributed by atoms with van der Waals surface area (Å²) in [6.07, 6.45) is -1.11.